The van der Waals surface area contributed by atoms with Crippen LogP contribution in [0.25, 0.3) is 0 Å². The Morgan fingerprint density at radius 2 is 1.95 bits per heavy atom. The second-order valence-corrected chi connectivity index (χ2v) is 4.24. The quantitative estimate of drug-likeness (QED) is 0.365. The first-order valence-corrected chi connectivity index (χ1v) is 5.79. The number of nitrogens with zero attached hydrogens (tertiary/aromatic N) is 2. The van der Waals surface area contributed by atoms with Crippen LogP contribution in [0.4, 0.5) is 5.69 Å². The highest BCUT2D eigenvalue weighted by Crippen LogP contribution is 2.11. The summed E-state index contributed by atoms with van der Waals surface area (Å²) in [5.74, 6) is 0.0121. The first kappa shape index (κ1) is 12.9. The molecule has 0 aliphatic rings. The third-order valence-corrected chi connectivity index (χ3v) is 2.78. The van der Waals surface area contributed by atoms with Crippen molar-refractivity contribution in [2.45, 2.75) is 13.5 Å². The summed E-state index contributed by atoms with van der Waals surface area (Å²) >= 11 is 0. The van der Waals surface area contributed by atoms with Crippen LogP contribution in [0.1, 0.15) is 22.8 Å². The molecule has 1 aromatic carbocycles. The molecule has 5 heteroatoms. The Hall–Kier alpha value is -2.56. The van der Waals surface area contributed by atoms with Crippen molar-refractivity contribution in [1.82, 2.24) is 0 Å². The molecule has 5 nitrogen and oxygen atoms in total. The summed E-state index contributed by atoms with van der Waals surface area (Å²) in [5.41, 5.74) is 1.66. The van der Waals surface area contributed by atoms with Crippen LogP contribution in [0.5, 0.6) is 0 Å². The van der Waals surface area contributed by atoms with Gasteiger partial charge in [0.05, 0.1) is 10.5 Å². The molecule has 19 heavy (non-hydrogen) atoms. The number of nitro benzene ring substituents is 1. The monoisotopic (exact) mass is 257 g/mol. The Labute approximate surface area is 110 Å². The average molecular weight is 257 g/mol. The number of rotatable bonds is 4. The molecular weight excluding hydrogens is 244 g/mol. The summed E-state index contributed by atoms with van der Waals surface area (Å²) in [6.45, 7) is 2.09. The molecule has 0 aliphatic heterocycles. The lowest BCUT2D eigenvalue weighted by Crippen LogP contribution is -2.34. The van der Waals surface area contributed by atoms with Crippen molar-refractivity contribution < 1.29 is 14.3 Å². The Bertz CT molecular complexity index is 621. The van der Waals surface area contributed by atoms with Crippen LogP contribution in [0.15, 0.2) is 48.8 Å². The Balaban J connectivity index is 2.19. The summed E-state index contributed by atoms with van der Waals surface area (Å²) in [7, 11) is 0. The van der Waals surface area contributed by atoms with Gasteiger partial charge in [0, 0.05) is 23.8 Å². The van der Waals surface area contributed by atoms with Gasteiger partial charge in [0.25, 0.3) is 5.69 Å². The zero-order valence-corrected chi connectivity index (χ0v) is 10.4. The van der Waals surface area contributed by atoms with Gasteiger partial charge in [0.1, 0.15) is 0 Å². The highest BCUT2D eigenvalue weighted by atomic mass is 16.6. The molecule has 0 amide bonds. The summed E-state index contributed by atoms with van der Waals surface area (Å²) in [6, 6.07) is 9.95. The first-order valence-electron chi connectivity index (χ1n) is 5.79. The van der Waals surface area contributed by atoms with Crippen molar-refractivity contribution in [2.24, 2.45) is 0 Å². The second-order valence-electron chi connectivity index (χ2n) is 4.24. The van der Waals surface area contributed by atoms with E-state index in [-0.39, 0.29) is 11.5 Å². The van der Waals surface area contributed by atoms with Crippen LogP contribution < -0.4 is 4.57 Å². The lowest BCUT2D eigenvalue weighted by Gasteiger charge is -1.99. The molecule has 0 spiro atoms. The van der Waals surface area contributed by atoms with Gasteiger partial charge in [-0.05, 0) is 25.1 Å². The Morgan fingerprint density at radius 3 is 2.53 bits per heavy atom. The SMILES string of the molecule is CC(=O)c1ccc[n+](Cc2ccc([N+](=O)[O-])cc2)c1. The van der Waals surface area contributed by atoms with Crippen molar-refractivity contribution in [2.75, 3.05) is 0 Å². The van der Waals surface area contributed by atoms with Gasteiger partial charge in [0.2, 0.25) is 0 Å². The van der Waals surface area contributed by atoms with Crippen molar-refractivity contribution in [3.05, 3.63) is 70.0 Å². The van der Waals surface area contributed by atoms with Crippen LogP contribution in [0.2, 0.25) is 0 Å². The van der Waals surface area contributed by atoms with E-state index in [1.54, 1.807) is 24.4 Å². The molecule has 1 aromatic heterocycles. The predicted molar refractivity (Wildman–Crippen MR) is 68.8 cm³/mol. The number of hydrogen-bond donors (Lipinski definition) is 0. The maximum absolute atomic E-state index is 11.3. The van der Waals surface area contributed by atoms with Gasteiger partial charge in [-0.15, -0.1) is 0 Å². The van der Waals surface area contributed by atoms with Gasteiger partial charge in [-0.2, -0.15) is 0 Å². The number of carbonyl (C=O) groups excluding carboxylic acids is 1. The van der Waals surface area contributed by atoms with Crippen LogP contribution >= 0.6 is 0 Å². The minimum absolute atomic E-state index is 0.0121. The smallest absolute Gasteiger partial charge is 0.269 e. The zero-order valence-electron chi connectivity index (χ0n) is 10.4. The highest BCUT2D eigenvalue weighted by Gasteiger charge is 2.09. The number of ketones is 1. The van der Waals surface area contributed by atoms with E-state index in [2.05, 4.69) is 0 Å². The summed E-state index contributed by atoms with van der Waals surface area (Å²) in [6.07, 6.45) is 3.62. The van der Waals surface area contributed by atoms with Crippen LogP contribution in [-0.4, -0.2) is 10.7 Å². The topological polar surface area (TPSA) is 64.1 Å². The molecule has 2 rings (SSSR count). The minimum Gasteiger partial charge on any atom is -0.294 e. The number of non-ortho nitro benzene ring substituents is 1. The second kappa shape index (κ2) is 5.39. The van der Waals surface area contributed by atoms with E-state index in [9.17, 15) is 14.9 Å². The number of Topliss-reactive ketones (excluding diaryl/α,β-unsaturated/α-hetero) is 1. The van der Waals surface area contributed by atoms with Crippen molar-refractivity contribution >= 4 is 11.5 Å². The molecule has 96 valence electrons. The van der Waals surface area contributed by atoms with Crippen LogP contribution in [0.3, 0.4) is 0 Å². The maximum atomic E-state index is 11.3. The molecule has 0 saturated heterocycles. The number of nitro groups is 1. The van der Waals surface area contributed by atoms with E-state index in [0.29, 0.717) is 12.1 Å². The summed E-state index contributed by atoms with van der Waals surface area (Å²) < 4.78 is 1.87. The van der Waals surface area contributed by atoms with E-state index in [1.807, 2.05) is 16.8 Å². The molecule has 0 atom stereocenters. The number of pyridine rings is 1. The van der Waals surface area contributed by atoms with Crippen molar-refractivity contribution in [1.29, 1.82) is 0 Å². The number of hydrogen-bond acceptors (Lipinski definition) is 3. The van der Waals surface area contributed by atoms with Gasteiger partial charge in [-0.25, -0.2) is 4.57 Å². The van der Waals surface area contributed by atoms with Gasteiger partial charge in [0.15, 0.2) is 24.7 Å². The lowest BCUT2D eigenvalue weighted by molar-refractivity contribution is -0.688. The fourth-order valence-corrected chi connectivity index (χ4v) is 1.76. The number of carbonyl (C=O) groups is 1. The number of benzene rings is 1. The highest BCUT2D eigenvalue weighted by molar-refractivity contribution is 5.93. The minimum atomic E-state index is -0.423. The lowest BCUT2D eigenvalue weighted by atomic mass is 10.2. The molecule has 0 radical (unpaired) electrons. The molecule has 0 unspecified atom stereocenters. The van der Waals surface area contributed by atoms with E-state index in [0.717, 1.165) is 5.56 Å². The first-order chi connectivity index (χ1) is 9.06. The molecule has 0 fully saturated rings. The van der Waals surface area contributed by atoms with Crippen LogP contribution in [-0.2, 0) is 6.54 Å². The van der Waals surface area contributed by atoms with Gasteiger partial charge < -0.3 is 0 Å². The maximum Gasteiger partial charge on any atom is 0.269 e. The normalized spacial score (nSPS) is 10.2. The predicted octanol–water partition coefficient (Wildman–Crippen LogP) is 2.13. The zero-order chi connectivity index (χ0) is 13.8. The largest absolute Gasteiger partial charge is 0.294 e. The fraction of sp³-hybridized carbons (Fsp3) is 0.143. The van der Waals surface area contributed by atoms with E-state index < -0.39 is 4.92 Å². The Morgan fingerprint density at radius 1 is 1.26 bits per heavy atom. The summed E-state index contributed by atoms with van der Waals surface area (Å²) in [5, 5.41) is 10.6. The van der Waals surface area contributed by atoms with Crippen LogP contribution in [0, 0.1) is 10.1 Å². The average Bonchev–Trinajstić information content (AvgIpc) is 2.39. The standard InChI is InChI=1S/C14H13N2O3/c1-11(17)13-3-2-8-15(10-13)9-12-4-6-14(7-5-12)16(18)19/h2-8,10H,9H2,1H3/q+1. The molecule has 2 aromatic rings. The molecule has 0 saturated carbocycles. The molecule has 0 N–H and O–H groups in total. The van der Waals surface area contributed by atoms with Gasteiger partial charge >= 0.3 is 0 Å². The van der Waals surface area contributed by atoms with Gasteiger partial charge in [-0.3, -0.25) is 14.9 Å². The number of aromatic nitrogens is 1. The van der Waals surface area contributed by atoms with Crippen molar-refractivity contribution in [3.63, 3.8) is 0 Å². The third kappa shape index (κ3) is 3.22. The van der Waals surface area contributed by atoms with Gasteiger partial charge in [-0.1, -0.05) is 0 Å². The molecule has 0 bridgehead atoms. The molecular formula is C14H13N2O3+. The van der Waals surface area contributed by atoms with E-state index in [4.69, 9.17) is 0 Å². The summed E-state index contributed by atoms with van der Waals surface area (Å²) in [4.78, 5) is 21.4. The molecule has 1 heterocycles. The third-order valence-electron chi connectivity index (χ3n) is 2.78. The van der Waals surface area contributed by atoms with E-state index >= 15 is 0 Å². The Kier molecular flexibility index (Phi) is 3.66. The van der Waals surface area contributed by atoms with E-state index in [1.165, 1.54) is 19.1 Å². The fourth-order valence-electron chi connectivity index (χ4n) is 1.76. The molecule has 0 aliphatic carbocycles. The van der Waals surface area contributed by atoms with Crippen molar-refractivity contribution in [3.8, 4) is 0 Å².